The number of nitrogens with zero attached hydrogens (tertiary/aromatic N) is 1. The maximum atomic E-state index is 12.3. The van der Waals surface area contributed by atoms with Gasteiger partial charge in [0.1, 0.15) is 0 Å². The van der Waals surface area contributed by atoms with Gasteiger partial charge < -0.3 is 15.3 Å². The molecule has 2 fully saturated rings. The first kappa shape index (κ1) is 15.1. The lowest BCUT2D eigenvalue weighted by atomic mass is 9.86. The maximum absolute atomic E-state index is 12.3. The van der Waals surface area contributed by atoms with Crippen molar-refractivity contribution < 1.29 is 14.7 Å². The summed E-state index contributed by atoms with van der Waals surface area (Å²) in [5, 5.41) is 12.1. The van der Waals surface area contributed by atoms with E-state index >= 15 is 0 Å². The van der Waals surface area contributed by atoms with Crippen molar-refractivity contribution in [3.05, 3.63) is 0 Å². The van der Waals surface area contributed by atoms with E-state index in [0.717, 1.165) is 32.2 Å². The number of hydrogen-bond donors (Lipinski definition) is 2. The summed E-state index contributed by atoms with van der Waals surface area (Å²) in [5.41, 5.74) is 0. The first-order chi connectivity index (χ1) is 9.61. The number of carbonyl (C=O) groups is 2. The first-order valence-corrected chi connectivity index (χ1v) is 7.91. The zero-order valence-electron chi connectivity index (χ0n) is 12.3. The van der Waals surface area contributed by atoms with E-state index in [2.05, 4.69) is 5.32 Å². The number of urea groups is 1. The molecule has 0 radical (unpaired) electrons. The summed E-state index contributed by atoms with van der Waals surface area (Å²) in [6, 6.07) is 0.585. The topological polar surface area (TPSA) is 69.6 Å². The van der Waals surface area contributed by atoms with Crippen molar-refractivity contribution >= 4 is 12.0 Å². The van der Waals surface area contributed by atoms with E-state index in [9.17, 15) is 9.59 Å². The van der Waals surface area contributed by atoms with Gasteiger partial charge in [0.05, 0.1) is 5.92 Å². The second-order valence-electron chi connectivity index (χ2n) is 6.06. The quantitative estimate of drug-likeness (QED) is 0.832. The third-order valence-electron chi connectivity index (χ3n) is 4.77. The average molecular weight is 282 g/mol. The summed E-state index contributed by atoms with van der Waals surface area (Å²) in [6.45, 7) is 2.78. The van der Waals surface area contributed by atoms with Gasteiger partial charge in [-0.3, -0.25) is 4.79 Å². The molecule has 5 nitrogen and oxygen atoms in total. The van der Waals surface area contributed by atoms with Crippen molar-refractivity contribution in [3.8, 4) is 0 Å². The fraction of sp³-hybridized carbons (Fsp3) is 0.867. The number of carboxylic acid groups (broad SMARTS) is 1. The molecule has 0 bridgehead atoms. The summed E-state index contributed by atoms with van der Waals surface area (Å²) in [6.07, 6.45) is 7.60. The Balaban J connectivity index is 1.80. The molecule has 0 unspecified atom stereocenters. The average Bonchev–Trinajstić information content (AvgIpc) is 2.94. The maximum Gasteiger partial charge on any atom is 0.317 e. The molecule has 0 aromatic heterocycles. The normalized spacial score (nSPS) is 27.2. The van der Waals surface area contributed by atoms with Crippen molar-refractivity contribution in [2.75, 3.05) is 6.54 Å². The van der Waals surface area contributed by atoms with Gasteiger partial charge in [0.15, 0.2) is 0 Å². The molecule has 5 heteroatoms. The zero-order valence-corrected chi connectivity index (χ0v) is 12.3. The molecule has 2 N–H and O–H groups in total. The molecule has 114 valence electrons. The van der Waals surface area contributed by atoms with E-state index in [-0.39, 0.29) is 18.0 Å². The molecule has 20 heavy (non-hydrogen) atoms. The summed E-state index contributed by atoms with van der Waals surface area (Å²) in [4.78, 5) is 25.2. The van der Waals surface area contributed by atoms with E-state index in [0.29, 0.717) is 18.9 Å². The number of rotatable bonds is 4. The van der Waals surface area contributed by atoms with Crippen LogP contribution < -0.4 is 5.32 Å². The highest BCUT2D eigenvalue weighted by atomic mass is 16.4. The van der Waals surface area contributed by atoms with Crippen LogP contribution in [0, 0.1) is 5.92 Å². The Labute approximate surface area is 120 Å². The first-order valence-electron chi connectivity index (χ1n) is 7.91. The van der Waals surface area contributed by atoms with Crippen molar-refractivity contribution in [1.29, 1.82) is 0 Å². The van der Waals surface area contributed by atoms with E-state index < -0.39 is 5.97 Å². The highest BCUT2D eigenvalue weighted by Crippen LogP contribution is 2.26. The van der Waals surface area contributed by atoms with E-state index in [1.807, 2.05) is 11.8 Å². The summed E-state index contributed by atoms with van der Waals surface area (Å²) in [5.74, 6) is -0.920. The van der Waals surface area contributed by atoms with Crippen LogP contribution in [0.25, 0.3) is 0 Å². The minimum Gasteiger partial charge on any atom is -0.481 e. The van der Waals surface area contributed by atoms with Crippen LogP contribution in [0.5, 0.6) is 0 Å². The number of hydrogen-bond acceptors (Lipinski definition) is 2. The third kappa shape index (κ3) is 3.64. The van der Waals surface area contributed by atoms with E-state index in [1.165, 1.54) is 12.8 Å². The SMILES string of the molecule is CCN(C(=O)NC1CCC(C(=O)O)CC1)C1CCCC1. The van der Waals surface area contributed by atoms with Crippen LogP contribution in [-0.2, 0) is 4.79 Å². The second-order valence-corrected chi connectivity index (χ2v) is 6.06. The number of amides is 2. The van der Waals surface area contributed by atoms with Crippen LogP contribution in [0.4, 0.5) is 4.79 Å². The Morgan fingerprint density at radius 3 is 2.20 bits per heavy atom. The van der Waals surface area contributed by atoms with Crippen LogP contribution in [0.2, 0.25) is 0 Å². The van der Waals surface area contributed by atoms with Crippen LogP contribution in [0.1, 0.15) is 58.3 Å². The van der Waals surface area contributed by atoms with Crippen LogP contribution in [-0.4, -0.2) is 40.6 Å². The summed E-state index contributed by atoms with van der Waals surface area (Å²) in [7, 11) is 0. The highest BCUT2D eigenvalue weighted by molar-refractivity contribution is 5.75. The van der Waals surface area contributed by atoms with Gasteiger partial charge in [-0.1, -0.05) is 12.8 Å². The second kappa shape index (κ2) is 6.95. The Morgan fingerprint density at radius 1 is 1.10 bits per heavy atom. The molecule has 2 aliphatic carbocycles. The van der Waals surface area contributed by atoms with Crippen LogP contribution in [0.3, 0.4) is 0 Å². The molecular weight excluding hydrogens is 256 g/mol. The molecule has 0 atom stereocenters. The van der Waals surface area contributed by atoms with Crippen molar-refractivity contribution in [1.82, 2.24) is 10.2 Å². The number of carboxylic acids is 1. The van der Waals surface area contributed by atoms with Gasteiger partial charge in [0, 0.05) is 18.6 Å². The predicted molar refractivity (Wildman–Crippen MR) is 76.5 cm³/mol. The number of nitrogens with one attached hydrogen (secondary N) is 1. The zero-order chi connectivity index (χ0) is 14.5. The smallest absolute Gasteiger partial charge is 0.317 e. The molecule has 2 saturated carbocycles. The van der Waals surface area contributed by atoms with Crippen LogP contribution in [0.15, 0.2) is 0 Å². The summed E-state index contributed by atoms with van der Waals surface area (Å²) >= 11 is 0. The minimum absolute atomic E-state index is 0.0400. The molecule has 0 heterocycles. The number of aliphatic carboxylic acids is 1. The van der Waals surface area contributed by atoms with Crippen molar-refractivity contribution in [2.45, 2.75) is 70.4 Å². The monoisotopic (exact) mass is 282 g/mol. The van der Waals surface area contributed by atoms with Gasteiger partial charge >= 0.3 is 12.0 Å². The Morgan fingerprint density at radius 2 is 1.70 bits per heavy atom. The van der Waals surface area contributed by atoms with E-state index in [1.54, 1.807) is 0 Å². The largest absolute Gasteiger partial charge is 0.481 e. The molecule has 0 aliphatic heterocycles. The van der Waals surface area contributed by atoms with Gasteiger partial charge in [-0.05, 0) is 45.4 Å². The fourth-order valence-corrected chi connectivity index (χ4v) is 3.53. The molecule has 0 saturated heterocycles. The molecule has 2 amide bonds. The van der Waals surface area contributed by atoms with E-state index in [4.69, 9.17) is 5.11 Å². The van der Waals surface area contributed by atoms with Crippen molar-refractivity contribution in [3.63, 3.8) is 0 Å². The molecule has 2 rings (SSSR count). The lowest BCUT2D eigenvalue weighted by Crippen LogP contribution is -2.49. The van der Waals surface area contributed by atoms with Crippen LogP contribution >= 0.6 is 0 Å². The van der Waals surface area contributed by atoms with Gasteiger partial charge in [-0.2, -0.15) is 0 Å². The standard InChI is InChI=1S/C15H26N2O3/c1-2-17(13-5-3-4-6-13)15(20)16-12-9-7-11(8-10-12)14(18)19/h11-13H,2-10H2,1H3,(H,16,20)(H,18,19). The fourth-order valence-electron chi connectivity index (χ4n) is 3.53. The lowest BCUT2D eigenvalue weighted by molar-refractivity contribution is -0.142. The molecule has 2 aliphatic rings. The lowest BCUT2D eigenvalue weighted by Gasteiger charge is -2.32. The van der Waals surface area contributed by atoms with Gasteiger partial charge in [-0.25, -0.2) is 4.79 Å². The molecular formula is C15H26N2O3. The Bertz CT molecular complexity index is 345. The molecule has 0 spiro atoms. The minimum atomic E-state index is -0.698. The third-order valence-corrected chi connectivity index (χ3v) is 4.77. The highest BCUT2D eigenvalue weighted by Gasteiger charge is 2.30. The summed E-state index contributed by atoms with van der Waals surface area (Å²) < 4.78 is 0. The molecule has 0 aromatic rings. The van der Waals surface area contributed by atoms with Gasteiger partial charge in [0.25, 0.3) is 0 Å². The van der Waals surface area contributed by atoms with Gasteiger partial charge in [0.2, 0.25) is 0 Å². The Kier molecular flexibility index (Phi) is 5.26. The predicted octanol–water partition coefficient (Wildman–Crippen LogP) is 2.60. The van der Waals surface area contributed by atoms with Crippen molar-refractivity contribution in [2.24, 2.45) is 5.92 Å². The molecule has 0 aromatic carbocycles. The van der Waals surface area contributed by atoms with Gasteiger partial charge in [-0.15, -0.1) is 0 Å². The Hall–Kier alpha value is -1.26. The number of carbonyl (C=O) groups excluding carboxylic acids is 1.